The van der Waals surface area contributed by atoms with Gasteiger partial charge in [-0.2, -0.15) is 0 Å². The highest BCUT2D eigenvalue weighted by atomic mass is 16.5. The number of hydrogen-bond acceptors (Lipinski definition) is 7. The van der Waals surface area contributed by atoms with Crippen LogP contribution in [0.1, 0.15) is 30.5 Å². The highest BCUT2D eigenvalue weighted by Gasteiger charge is 2.46. The number of amides is 1. The number of carbonyl (C=O) groups excluding carboxylic acids is 2. The second-order valence-corrected chi connectivity index (χ2v) is 7.81. The van der Waals surface area contributed by atoms with Crippen LogP contribution in [-0.2, 0) is 14.3 Å². The van der Waals surface area contributed by atoms with Gasteiger partial charge in [-0.1, -0.05) is 18.7 Å². The lowest BCUT2D eigenvalue weighted by Crippen LogP contribution is -2.31. The number of carbonyl (C=O) groups is 2. The first-order chi connectivity index (χ1) is 17.0. The Labute approximate surface area is 205 Å². The molecule has 0 spiro atoms. The number of aliphatic hydroxyl groups is 1. The number of ketones is 1. The van der Waals surface area contributed by atoms with Gasteiger partial charge in [0.2, 0.25) is 0 Å². The van der Waals surface area contributed by atoms with E-state index in [9.17, 15) is 14.7 Å². The Morgan fingerprint density at radius 1 is 1.09 bits per heavy atom. The molecule has 1 aliphatic rings. The Kier molecular flexibility index (Phi) is 8.92. The van der Waals surface area contributed by atoms with E-state index in [0.717, 1.165) is 0 Å². The van der Waals surface area contributed by atoms with Crippen LogP contribution in [0, 0.1) is 0 Å². The molecule has 1 N–H and O–H groups in total. The summed E-state index contributed by atoms with van der Waals surface area (Å²) in [4.78, 5) is 27.6. The molecule has 8 heteroatoms. The molecule has 0 bridgehead atoms. The van der Waals surface area contributed by atoms with Gasteiger partial charge >= 0.3 is 0 Å². The zero-order chi connectivity index (χ0) is 25.4. The number of methoxy groups -OCH3 is 2. The third kappa shape index (κ3) is 5.66. The Balaban J connectivity index is 2.09. The topological polar surface area (TPSA) is 94.5 Å². The average molecular weight is 482 g/mol. The molecule has 0 aliphatic carbocycles. The van der Waals surface area contributed by atoms with Gasteiger partial charge in [0.25, 0.3) is 11.7 Å². The quantitative estimate of drug-likeness (QED) is 0.160. The average Bonchev–Trinajstić information content (AvgIpc) is 3.13. The summed E-state index contributed by atoms with van der Waals surface area (Å²) in [7, 11) is 3.10. The monoisotopic (exact) mass is 481 g/mol. The first-order valence-electron chi connectivity index (χ1n) is 11.4. The SMILES string of the molecule is C=CCOc1ccc(/C(O)=C2/C(=O)C(=O)N(CCCOC)C2c2ccc(OCC)c(OC)c2)cc1. The Bertz CT molecular complexity index is 1090. The Morgan fingerprint density at radius 2 is 1.83 bits per heavy atom. The van der Waals surface area contributed by atoms with Crippen molar-refractivity contribution < 1.29 is 33.6 Å². The van der Waals surface area contributed by atoms with E-state index >= 15 is 0 Å². The van der Waals surface area contributed by atoms with E-state index in [4.69, 9.17) is 18.9 Å². The lowest BCUT2D eigenvalue weighted by atomic mass is 9.95. The predicted molar refractivity (Wildman–Crippen MR) is 132 cm³/mol. The predicted octanol–water partition coefficient (Wildman–Crippen LogP) is 4.12. The highest BCUT2D eigenvalue weighted by molar-refractivity contribution is 6.46. The number of nitrogens with zero attached hydrogens (tertiary/aromatic N) is 1. The molecule has 1 saturated heterocycles. The highest BCUT2D eigenvalue weighted by Crippen LogP contribution is 2.42. The molecule has 1 amide bonds. The van der Waals surface area contributed by atoms with E-state index in [1.807, 2.05) is 6.92 Å². The molecule has 1 heterocycles. The van der Waals surface area contributed by atoms with E-state index in [2.05, 4.69) is 6.58 Å². The maximum Gasteiger partial charge on any atom is 0.295 e. The number of hydrogen-bond donors (Lipinski definition) is 1. The number of likely N-dealkylation sites (tertiary alicyclic amines) is 1. The van der Waals surface area contributed by atoms with Crippen LogP contribution >= 0.6 is 0 Å². The standard InChI is InChI=1S/C27H31NO7/c1-5-15-35-20-11-8-18(9-12-20)25(29)23-24(28(14-7-16-32-3)27(31)26(23)30)19-10-13-21(34-6-2)22(17-19)33-4/h5,8-13,17,24,29H,1,6-7,14-16H2,2-4H3/b25-23-. The van der Waals surface area contributed by atoms with Crippen LogP contribution in [-0.4, -0.2) is 62.3 Å². The summed E-state index contributed by atoms with van der Waals surface area (Å²) in [5.41, 5.74) is 1.03. The Hall–Kier alpha value is -3.78. The molecule has 1 fully saturated rings. The molecule has 8 nitrogen and oxygen atoms in total. The molecule has 0 aromatic heterocycles. The number of ether oxygens (including phenoxy) is 4. The Morgan fingerprint density at radius 3 is 2.46 bits per heavy atom. The van der Waals surface area contributed by atoms with Crippen molar-refractivity contribution in [1.82, 2.24) is 4.90 Å². The van der Waals surface area contributed by atoms with Gasteiger partial charge in [0.15, 0.2) is 11.5 Å². The second kappa shape index (κ2) is 12.1. The van der Waals surface area contributed by atoms with Gasteiger partial charge in [-0.3, -0.25) is 9.59 Å². The van der Waals surface area contributed by atoms with E-state index in [0.29, 0.717) is 54.6 Å². The lowest BCUT2D eigenvalue weighted by molar-refractivity contribution is -0.140. The van der Waals surface area contributed by atoms with E-state index in [1.165, 1.54) is 12.0 Å². The normalized spacial score (nSPS) is 16.9. The van der Waals surface area contributed by atoms with E-state index < -0.39 is 17.7 Å². The zero-order valence-electron chi connectivity index (χ0n) is 20.3. The minimum absolute atomic E-state index is 0.0124. The summed E-state index contributed by atoms with van der Waals surface area (Å²) in [6.45, 7) is 6.99. The van der Waals surface area contributed by atoms with E-state index in [1.54, 1.807) is 55.7 Å². The molecule has 1 unspecified atom stereocenters. The number of rotatable bonds is 12. The van der Waals surface area contributed by atoms with Crippen molar-refractivity contribution in [2.75, 3.05) is 40.6 Å². The third-order valence-electron chi connectivity index (χ3n) is 5.59. The minimum atomic E-state index is -0.798. The van der Waals surface area contributed by atoms with Crippen molar-refractivity contribution in [1.29, 1.82) is 0 Å². The number of aliphatic hydroxyl groups excluding tert-OH is 1. The number of benzene rings is 2. The molecule has 35 heavy (non-hydrogen) atoms. The zero-order valence-corrected chi connectivity index (χ0v) is 20.3. The van der Waals surface area contributed by atoms with Crippen LogP contribution in [0.2, 0.25) is 0 Å². The van der Waals surface area contributed by atoms with Crippen LogP contribution in [0.25, 0.3) is 5.76 Å². The molecule has 1 aliphatic heterocycles. The van der Waals surface area contributed by atoms with Gasteiger partial charge in [0.1, 0.15) is 18.1 Å². The van der Waals surface area contributed by atoms with Crippen molar-refractivity contribution in [3.05, 3.63) is 71.8 Å². The molecule has 2 aromatic carbocycles. The molecular formula is C27H31NO7. The van der Waals surface area contributed by atoms with E-state index in [-0.39, 0.29) is 17.9 Å². The largest absolute Gasteiger partial charge is 0.507 e. The molecular weight excluding hydrogens is 450 g/mol. The molecule has 1 atom stereocenters. The summed E-state index contributed by atoms with van der Waals surface area (Å²) in [5, 5.41) is 11.2. The van der Waals surface area contributed by atoms with Crippen molar-refractivity contribution >= 4 is 17.4 Å². The lowest BCUT2D eigenvalue weighted by Gasteiger charge is -2.26. The smallest absolute Gasteiger partial charge is 0.295 e. The van der Waals surface area contributed by atoms with Gasteiger partial charge in [0.05, 0.1) is 25.3 Å². The second-order valence-electron chi connectivity index (χ2n) is 7.81. The van der Waals surface area contributed by atoms with Gasteiger partial charge in [-0.15, -0.1) is 0 Å². The summed E-state index contributed by atoms with van der Waals surface area (Å²) in [6.07, 6.45) is 2.16. The van der Waals surface area contributed by atoms with Crippen LogP contribution < -0.4 is 14.2 Å². The maximum absolute atomic E-state index is 13.1. The van der Waals surface area contributed by atoms with Gasteiger partial charge in [-0.25, -0.2) is 0 Å². The van der Waals surface area contributed by atoms with Crippen molar-refractivity contribution in [2.24, 2.45) is 0 Å². The summed E-state index contributed by atoms with van der Waals surface area (Å²) in [5.74, 6) is -0.0723. The third-order valence-corrected chi connectivity index (χ3v) is 5.59. The summed E-state index contributed by atoms with van der Waals surface area (Å²) < 4.78 is 21.7. The summed E-state index contributed by atoms with van der Waals surface area (Å²) >= 11 is 0. The minimum Gasteiger partial charge on any atom is -0.507 e. The molecule has 186 valence electrons. The van der Waals surface area contributed by atoms with Crippen LogP contribution in [0.4, 0.5) is 0 Å². The van der Waals surface area contributed by atoms with Crippen molar-refractivity contribution in [3.8, 4) is 17.2 Å². The van der Waals surface area contributed by atoms with Gasteiger partial charge < -0.3 is 29.0 Å². The first-order valence-corrected chi connectivity index (χ1v) is 11.4. The number of Topliss-reactive ketones (excluding diaryl/α,β-unsaturated/α-hetero) is 1. The van der Waals surface area contributed by atoms with Crippen molar-refractivity contribution in [3.63, 3.8) is 0 Å². The fraction of sp³-hybridized carbons (Fsp3) is 0.333. The van der Waals surface area contributed by atoms with Crippen LogP contribution in [0.5, 0.6) is 17.2 Å². The molecule has 3 rings (SSSR count). The molecule has 0 saturated carbocycles. The first kappa shape index (κ1) is 25.8. The molecule has 2 aromatic rings. The fourth-order valence-electron chi connectivity index (χ4n) is 3.99. The van der Waals surface area contributed by atoms with Gasteiger partial charge in [-0.05, 0) is 55.3 Å². The van der Waals surface area contributed by atoms with Crippen LogP contribution in [0.15, 0.2) is 60.7 Å². The van der Waals surface area contributed by atoms with Gasteiger partial charge in [0, 0.05) is 25.8 Å². The fourth-order valence-corrected chi connectivity index (χ4v) is 3.99. The van der Waals surface area contributed by atoms with Crippen molar-refractivity contribution in [2.45, 2.75) is 19.4 Å². The van der Waals surface area contributed by atoms with Crippen LogP contribution in [0.3, 0.4) is 0 Å². The summed E-state index contributed by atoms with van der Waals surface area (Å²) in [6, 6.07) is 11.1. The maximum atomic E-state index is 13.1. The molecule has 0 radical (unpaired) electrons.